The van der Waals surface area contributed by atoms with Crippen LogP contribution in [0.5, 0.6) is 5.75 Å². The molecule has 1 fully saturated rings. The van der Waals surface area contributed by atoms with Crippen LogP contribution in [0.15, 0.2) is 35.3 Å². The summed E-state index contributed by atoms with van der Waals surface area (Å²) in [5.41, 5.74) is 0. The molecule has 0 bridgehead atoms. The number of rotatable bonds is 7. The quantitative estimate of drug-likeness (QED) is 0.593. The molecule has 0 amide bonds. The molecule has 1 aromatic rings. The van der Waals surface area contributed by atoms with Gasteiger partial charge in [0.25, 0.3) is 0 Å². The first-order chi connectivity index (χ1) is 12.1. The highest BCUT2D eigenvalue weighted by atomic mass is 16.5. The fourth-order valence-corrected chi connectivity index (χ4v) is 2.94. The second-order valence-electron chi connectivity index (χ2n) is 6.70. The fourth-order valence-electron chi connectivity index (χ4n) is 2.94. The van der Waals surface area contributed by atoms with Gasteiger partial charge in [-0.05, 0) is 26.1 Å². The maximum Gasteiger partial charge on any atom is 0.193 e. The summed E-state index contributed by atoms with van der Waals surface area (Å²) in [6.45, 7) is 9.18. The zero-order chi connectivity index (χ0) is 18.1. The third kappa shape index (κ3) is 6.55. The summed E-state index contributed by atoms with van der Waals surface area (Å²) in [4.78, 5) is 11.4. The van der Waals surface area contributed by atoms with E-state index < -0.39 is 0 Å². The van der Waals surface area contributed by atoms with Gasteiger partial charge < -0.3 is 19.9 Å². The average molecular weight is 348 g/mol. The average Bonchev–Trinajstić information content (AvgIpc) is 2.63. The third-order valence-corrected chi connectivity index (χ3v) is 4.73. The largest absolute Gasteiger partial charge is 0.492 e. The van der Waals surface area contributed by atoms with Crippen LogP contribution in [0.4, 0.5) is 0 Å². The predicted octanol–water partition coefficient (Wildman–Crippen LogP) is 1.21. The number of piperazine rings is 1. The monoisotopic (exact) mass is 347 g/mol. The molecule has 1 N–H and O–H groups in total. The lowest BCUT2D eigenvalue weighted by Crippen LogP contribution is -2.52. The second kappa shape index (κ2) is 10.3. The first-order valence-electron chi connectivity index (χ1n) is 9.12. The second-order valence-corrected chi connectivity index (χ2v) is 6.70. The number of ether oxygens (including phenoxy) is 1. The number of guanidine groups is 1. The summed E-state index contributed by atoms with van der Waals surface area (Å²) in [5.74, 6) is 1.82. The van der Waals surface area contributed by atoms with Gasteiger partial charge in [0, 0.05) is 52.9 Å². The van der Waals surface area contributed by atoms with Gasteiger partial charge in [-0.3, -0.25) is 9.89 Å². The van der Waals surface area contributed by atoms with Crippen LogP contribution in [-0.4, -0.2) is 93.7 Å². The smallest absolute Gasteiger partial charge is 0.193 e. The molecule has 1 heterocycles. The SMILES string of the molecule is CN=C(NCC(C)N1CCN(C)CC1)N(C)CCOc1ccccc1. The number of aliphatic imine (C=N–C) groups is 1. The van der Waals surface area contributed by atoms with Gasteiger partial charge in [-0.15, -0.1) is 0 Å². The molecule has 0 aromatic heterocycles. The van der Waals surface area contributed by atoms with Gasteiger partial charge in [-0.2, -0.15) is 0 Å². The zero-order valence-electron chi connectivity index (χ0n) is 16.1. The number of likely N-dealkylation sites (N-methyl/N-ethyl adjacent to an activating group) is 2. The van der Waals surface area contributed by atoms with Gasteiger partial charge in [0.05, 0.1) is 6.54 Å². The van der Waals surface area contributed by atoms with Gasteiger partial charge in [-0.1, -0.05) is 18.2 Å². The summed E-state index contributed by atoms with van der Waals surface area (Å²) in [7, 11) is 6.07. The molecule has 0 radical (unpaired) electrons. The van der Waals surface area contributed by atoms with Crippen LogP contribution >= 0.6 is 0 Å². The predicted molar refractivity (Wildman–Crippen MR) is 104 cm³/mol. The van der Waals surface area contributed by atoms with Crippen molar-refractivity contribution >= 4 is 5.96 Å². The van der Waals surface area contributed by atoms with Crippen molar-refractivity contribution in [2.45, 2.75) is 13.0 Å². The highest BCUT2D eigenvalue weighted by Crippen LogP contribution is 2.08. The molecule has 1 aromatic carbocycles. The number of hydrogen-bond donors (Lipinski definition) is 1. The molecular formula is C19H33N5O. The minimum Gasteiger partial charge on any atom is -0.492 e. The molecule has 1 aliphatic rings. The summed E-state index contributed by atoms with van der Waals surface area (Å²) in [5, 5.41) is 3.49. The summed E-state index contributed by atoms with van der Waals surface area (Å²) >= 11 is 0. The molecule has 0 aliphatic carbocycles. The normalized spacial score (nSPS) is 18.0. The lowest BCUT2D eigenvalue weighted by atomic mass is 10.2. The van der Waals surface area contributed by atoms with Crippen molar-refractivity contribution in [1.82, 2.24) is 20.0 Å². The Morgan fingerprint density at radius 2 is 1.92 bits per heavy atom. The molecule has 140 valence electrons. The molecule has 25 heavy (non-hydrogen) atoms. The number of nitrogens with zero attached hydrogens (tertiary/aromatic N) is 4. The molecule has 6 heteroatoms. The molecule has 1 unspecified atom stereocenters. The lowest BCUT2D eigenvalue weighted by molar-refractivity contribution is 0.119. The van der Waals surface area contributed by atoms with Gasteiger partial charge in [0.1, 0.15) is 12.4 Å². The first kappa shape index (κ1) is 19.5. The molecular weight excluding hydrogens is 314 g/mol. The Morgan fingerprint density at radius 3 is 2.56 bits per heavy atom. The van der Waals surface area contributed by atoms with E-state index in [0.717, 1.165) is 51.0 Å². The van der Waals surface area contributed by atoms with E-state index in [1.54, 1.807) is 0 Å². The van der Waals surface area contributed by atoms with Crippen LogP contribution in [0, 0.1) is 0 Å². The third-order valence-electron chi connectivity index (χ3n) is 4.73. The van der Waals surface area contributed by atoms with Crippen LogP contribution < -0.4 is 10.1 Å². The maximum atomic E-state index is 5.76. The van der Waals surface area contributed by atoms with Gasteiger partial charge >= 0.3 is 0 Å². The Hall–Kier alpha value is -1.79. The van der Waals surface area contributed by atoms with Crippen molar-refractivity contribution in [2.75, 3.05) is 67.0 Å². The standard InChI is InChI=1S/C19H33N5O/c1-17(24-12-10-22(3)11-13-24)16-21-19(20-2)23(4)14-15-25-18-8-6-5-7-9-18/h5-9,17H,10-16H2,1-4H3,(H,20,21). The fraction of sp³-hybridized carbons (Fsp3) is 0.632. The lowest BCUT2D eigenvalue weighted by Gasteiger charge is -2.37. The van der Waals surface area contributed by atoms with Gasteiger partial charge in [0.15, 0.2) is 5.96 Å². The van der Waals surface area contributed by atoms with Crippen LogP contribution in [0.25, 0.3) is 0 Å². The first-order valence-corrected chi connectivity index (χ1v) is 9.12. The Bertz CT molecular complexity index is 514. The Morgan fingerprint density at radius 1 is 1.24 bits per heavy atom. The molecule has 1 aliphatic heterocycles. The summed E-state index contributed by atoms with van der Waals surface area (Å²) < 4.78 is 5.76. The molecule has 0 spiro atoms. The molecule has 6 nitrogen and oxygen atoms in total. The van der Waals surface area contributed by atoms with Crippen molar-refractivity contribution in [3.05, 3.63) is 30.3 Å². The van der Waals surface area contributed by atoms with E-state index in [2.05, 4.69) is 39.0 Å². The van der Waals surface area contributed by atoms with Crippen LogP contribution in [-0.2, 0) is 0 Å². The van der Waals surface area contributed by atoms with Crippen LogP contribution in [0.2, 0.25) is 0 Å². The maximum absolute atomic E-state index is 5.76. The topological polar surface area (TPSA) is 43.3 Å². The number of nitrogens with one attached hydrogen (secondary N) is 1. The minimum absolute atomic E-state index is 0.499. The molecule has 2 rings (SSSR count). The summed E-state index contributed by atoms with van der Waals surface area (Å²) in [6.07, 6.45) is 0. The van der Waals surface area contributed by atoms with E-state index in [1.807, 2.05) is 44.4 Å². The van der Waals surface area contributed by atoms with Gasteiger partial charge in [-0.25, -0.2) is 0 Å². The van der Waals surface area contributed by atoms with Crippen LogP contribution in [0.1, 0.15) is 6.92 Å². The van der Waals surface area contributed by atoms with Crippen molar-refractivity contribution in [3.8, 4) is 5.75 Å². The minimum atomic E-state index is 0.499. The Kier molecular flexibility index (Phi) is 8.01. The zero-order valence-corrected chi connectivity index (χ0v) is 16.1. The van der Waals surface area contributed by atoms with Crippen molar-refractivity contribution in [1.29, 1.82) is 0 Å². The highest BCUT2D eigenvalue weighted by molar-refractivity contribution is 5.79. The van der Waals surface area contributed by atoms with E-state index in [-0.39, 0.29) is 0 Å². The van der Waals surface area contributed by atoms with E-state index in [4.69, 9.17) is 4.74 Å². The number of benzene rings is 1. The molecule has 1 saturated heterocycles. The summed E-state index contributed by atoms with van der Waals surface area (Å²) in [6, 6.07) is 10.4. The Balaban J connectivity index is 1.69. The van der Waals surface area contributed by atoms with Gasteiger partial charge in [0.2, 0.25) is 0 Å². The highest BCUT2D eigenvalue weighted by Gasteiger charge is 2.19. The van der Waals surface area contributed by atoms with Crippen molar-refractivity contribution < 1.29 is 4.74 Å². The van der Waals surface area contributed by atoms with Crippen molar-refractivity contribution in [3.63, 3.8) is 0 Å². The van der Waals surface area contributed by atoms with E-state index >= 15 is 0 Å². The number of para-hydroxylation sites is 1. The van der Waals surface area contributed by atoms with E-state index in [1.165, 1.54) is 0 Å². The number of hydrogen-bond acceptors (Lipinski definition) is 4. The van der Waals surface area contributed by atoms with E-state index in [9.17, 15) is 0 Å². The molecule has 0 saturated carbocycles. The van der Waals surface area contributed by atoms with E-state index in [0.29, 0.717) is 12.6 Å². The Labute approximate surface area is 152 Å². The molecule has 1 atom stereocenters. The van der Waals surface area contributed by atoms with Crippen molar-refractivity contribution in [2.24, 2.45) is 4.99 Å². The van der Waals surface area contributed by atoms with Crippen LogP contribution in [0.3, 0.4) is 0 Å².